The van der Waals surface area contributed by atoms with E-state index in [0.717, 1.165) is 5.56 Å². The molecule has 0 amide bonds. The lowest BCUT2D eigenvalue weighted by molar-refractivity contribution is -0.136. The van der Waals surface area contributed by atoms with E-state index in [-0.39, 0.29) is 24.5 Å². The van der Waals surface area contributed by atoms with Crippen molar-refractivity contribution in [1.82, 2.24) is 0 Å². The molecule has 17 heavy (non-hydrogen) atoms. The average molecular weight is 251 g/mol. The van der Waals surface area contributed by atoms with Crippen molar-refractivity contribution >= 4 is 23.4 Å². The number of hydrogen-bond acceptors (Lipinski definition) is 2. The summed E-state index contributed by atoms with van der Waals surface area (Å²) in [5.41, 5.74) is 1.28. The second-order valence-electron chi connectivity index (χ2n) is 3.33. The minimum absolute atomic E-state index is 0.0159. The summed E-state index contributed by atoms with van der Waals surface area (Å²) in [5.74, 6) is 4.65. The highest BCUT2D eigenvalue weighted by atomic mass is 35.5. The fourth-order valence-electron chi connectivity index (χ4n) is 1.24. The van der Waals surface area contributed by atoms with Crippen LogP contribution in [0.1, 0.15) is 28.8 Å². The van der Waals surface area contributed by atoms with Crippen LogP contribution in [-0.4, -0.2) is 22.7 Å². The van der Waals surface area contributed by atoms with Crippen LogP contribution in [0.25, 0.3) is 0 Å². The maximum Gasteiger partial charge on any atom is 0.303 e. The van der Waals surface area contributed by atoms with Crippen LogP contribution in [0.2, 0.25) is 0 Å². The summed E-state index contributed by atoms with van der Waals surface area (Å²) in [5, 5.41) is 8.47. The molecule has 0 radical (unpaired) electrons. The Balaban J connectivity index is 2.67. The highest BCUT2D eigenvalue weighted by Crippen LogP contribution is 2.07. The van der Waals surface area contributed by atoms with Gasteiger partial charge in [-0.25, -0.2) is 0 Å². The van der Waals surface area contributed by atoms with Crippen molar-refractivity contribution < 1.29 is 14.7 Å². The number of aliphatic carboxylic acids is 1. The molecule has 0 saturated carbocycles. The fraction of sp³-hybridized carbons (Fsp3) is 0.231. The van der Waals surface area contributed by atoms with Crippen LogP contribution in [0.4, 0.5) is 0 Å². The van der Waals surface area contributed by atoms with Crippen LogP contribution >= 0.6 is 11.6 Å². The number of ketones is 1. The molecule has 3 nitrogen and oxygen atoms in total. The summed E-state index contributed by atoms with van der Waals surface area (Å²) >= 11 is 5.42. The summed E-state index contributed by atoms with van der Waals surface area (Å²) < 4.78 is 0. The Bertz CT molecular complexity index is 466. The summed E-state index contributed by atoms with van der Waals surface area (Å²) in [6, 6.07) is 6.71. The molecule has 0 aromatic heterocycles. The van der Waals surface area contributed by atoms with Gasteiger partial charge in [0.15, 0.2) is 5.78 Å². The number of hydrogen-bond donors (Lipinski definition) is 1. The normalized spacial score (nSPS) is 9.24. The van der Waals surface area contributed by atoms with Crippen molar-refractivity contribution in [3.8, 4) is 11.8 Å². The van der Waals surface area contributed by atoms with E-state index < -0.39 is 5.97 Å². The van der Waals surface area contributed by atoms with Gasteiger partial charge in [-0.3, -0.25) is 9.59 Å². The van der Waals surface area contributed by atoms with Gasteiger partial charge in [-0.1, -0.05) is 24.0 Å². The van der Waals surface area contributed by atoms with E-state index >= 15 is 0 Å². The Morgan fingerprint density at radius 1 is 1.18 bits per heavy atom. The molecule has 1 rings (SSSR count). The number of carboxylic acid groups (broad SMARTS) is 1. The highest BCUT2D eigenvalue weighted by Gasteiger charge is 2.07. The first-order chi connectivity index (χ1) is 8.13. The average Bonchev–Trinajstić information content (AvgIpc) is 2.34. The molecule has 4 heteroatoms. The van der Waals surface area contributed by atoms with Gasteiger partial charge in [0.2, 0.25) is 0 Å². The van der Waals surface area contributed by atoms with Crippen LogP contribution in [-0.2, 0) is 4.79 Å². The Labute approximate surface area is 104 Å². The molecule has 0 aliphatic rings. The summed E-state index contributed by atoms with van der Waals surface area (Å²) in [6.45, 7) is 0. The first-order valence-electron chi connectivity index (χ1n) is 5.03. The van der Waals surface area contributed by atoms with Gasteiger partial charge in [0.25, 0.3) is 0 Å². The summed E-state index contributed by atoms with van der Waals surface area (Å²) in [4.78, 5) is 21.9. The molecule has 0 aliphatic heterocycles. The zero-order valence-electron chi connectivity index (χ0n) is 9.07. The number of halogens is 1. The quantitative estimate of drug-likeness (QED) is 0.507. The number of alkyl halides is 1. The van der Waals surface area contributed by atoms with E-state index in [1.807, 2.05) is 0 Å². The van der Waals surface area contributed by atoms with Crippen molar-refractivity contribution in [3.05, 3.63) is 35.4 Å². The molecule has 0 heterocycles. The monoisotopic (exact) mass is 250 g/mol. The van der Waals surface area contributed by atoms with Crippen LogP contribution in [0.15, 0.2) is 24.3 Å². The number of carboxylic acids is 1. The maximum absolute atomic E-state index is 11.6. The molecule has 0 fully saturated rings. The molecule has 0 atom stereocenters. The number of benzene rings is 1. The van der Waals surface area contributed by atoms with Gasteiger partial charge in [-0.15, -0.1) is 11.6 Å². The van der Waals surface area contributed by atoms with Crippen LogP contribution in [0, 0.1) is 11.8 Å². The van der Waals surface area contributed by atoms with Gasteiger partial charge in [0.1, 0.15) is 0 Å². The maximum atomic E-state index is 11.6. The first kappa shape index (κ1) is 13.3. The van der Waals surface area contributed by atoms with Gasteiger partial charge < -0.3 is 5.11 Å². The number of carbonyl (C=O) groups excluding carboxylic acids is 1. The van der Waals surface area contributed by atoms with Crippen molar-refractivity contribution in [3.63, 3.8) is 0 Å². The van der Waals surface area contributed by atoms with Gasteiger partial charge >= 0.3 is 5.97 Å². The van der Waals surface area contributed by atoms with Gasteiger partial charge in [-0.2, -0.15) is 0 Å². The topological polar surface area (TPSA) is 54.4 Å². The highest BCUT2D eigenvalue weighted by molar-refractivity contribution is 6.19. The molecular weight excluding hydrogens is 240 g/mol. The van der Waals surface area contributed by atoms with E-state index in [1.54, 1.807) is 24.3 Å². The van der Waals surface area contributed by atoms with Crippen molar-refractivity contribution in [2.45, 2.75) is 12.8 Å². The van der Waals surface area contributed by atoms with Gasteiger partial charge in [0.05, 0.1) is 12.3 Å². The Hall–Kier alpha value is -1.79. The zero-order chi connectivity index (χ0) is 12.7. The van der Waals surface area contributed by atoms with E-state index in [9.17, 15) is 9.59 Å². The van der Waals surface area contributed by atoms with Gasteiger partial charge in [0, 0.05) is 17.5 Å². The van der Waals surface area contributed by atoms with E-state index in [2.05, 4.69) is 11.8 Å². The third-order valence-electron chi connectivity index (χ3n) is 2.07. The van der Waals surface area contributed by atoms with E-state index in [1.165, 1.54) is 0 Å². The molecule has 0 unspecified atom stereocenters. The van der Waals surface area contributed by atoms with Crippen LogP contribution < -0.4 is 0 Å². The lowest BCUT2D eigenvalue weighted by Gasteiger charge is -1.99. The molecule has 1 aromatic rings. The number of carbonyl (C=O) groups is 2. The minimum atomic E-state index is -0.969. The Kier molecular flexibility index (Phi) is 5.25. The number of rotatable bonds is 4. The Morgan fingerprint density at radius 2 is 1.82 bits per heavy atom. The molecule has 0 aliphatic carbocycles. The summed E-state index contributed by atoms with van der Waals surface area (Å²) in [6.07, 6.45) is -0.130. The van der Waals surface area contributed by atoms with E-state index in [4.69, 9.17) is 16.7 Å². The second-order valence-corrected chi connectivity index (χ2v) is 3.60. The molecule has 0 bridgehead atoms. The lowest BCUT2D eigenvalue weighted by Crippen LogP contribution is -2.03. The molecule has 88 valence electrons. The molecule has 1 N–H and O–H groups in total. The van der Waals surface area contributed by atoms with Crippen LogP contribution in [0.3, 0.4) is 0 Å². The molecule has 0 spiro atoms. The summed E-state index contributed by atoms with van der Waals surface area (Å²) in [7, 11) is 0. The standard InChI is InChI=1S/C13H11ClO3/c14-9-1-2-10-3-5-11(6-4-10)12(15)7-8-13(16)17/h3-6H,7-9H2,(H,16,17). The van der Waals surface area contributed by atoms with Crippen molar-refractivity contribution in [2.24, 2.45) is 0 Å². The predicted molar refractivity (Wildman–Crippen MR) is 65.2 cm³/mol. The molecule has 0 saturated heterocycles. The van der Waals surface area contributed by atoms with Crippen LogP contribution in [0.5, 0.6) is 0 Å². The largest absolute Gasteiger partial charge is 0.481 e. The van der Waals surface area contributed by atoms with Gasteiger partial charge in [-0.05, 0) is 12.1 Å². The first-order valence-corrected chi connectivity index (χ1v) is 5.57. The van der Waals surface area contributed by atoms with Crippen molar-refractivity contribution in [1.29, 1.82) is 0 Å². The lowest BCUT2D eigenvalue weighted by atomic mass is 10.0. The SMILES string of the molecule is O=C(O)CCC(=O)c1ccc(C#CCCl)cc1. The Morgan fingerprint density at radius 3 is 2.35 bits per heavy atom. The zero-order valence-corrected chi connectivity index (χ0v) is 9.83. The van der Waals surface area contributed by atoms with E-state index in [0.29, 0.717) is 5.56 Å². The third-order valence-corrected chi connectivity index (χ3v) is 2.21. The minimum Gasteiger partial charge on any atom is -0.481 e. The molecular formula is C13H11ClO3. The number of Topliss-reactive ketones (excluding diaryl/α,β-unsaturated/α-hetero) is 1. The fourth-order valence-corrected chi connectivity index (χ4v) is 1.31. The molecule has 1 aromatic carbocycles. The van der Waals surface area contributed by atoms with Crippen molar-refractivity contribution in [2.75, 3.05) is 5.88 Å². The second kappa shape index (κ2) is 6.72. The predicted octanol–water partition coefficient (Wildman–Crippen LogP) is 2.32. The third kappa shape index (κ3) is 4.71. The smallest absolute Gasteiger partial charge is 0.303 e.